The van der Waals surface area contributed by atoms with Crippen molar-refractivity contribution in [3.8, 4) is 6.07 Å². The first kappa shape index (κ1) is 15.1. The maximum Gasteiger partial charge on any atom is 0.318 e. The molecule has 0 aromatic heterocycles. The average Bonchev–Trinajstić information content (AvgIpc) is 2.55. The van der Waals surface area contributed by atoms with Gasteiger partial charge in [0.05, 0.1) is 11.6 Å². The van der Waals surface area contributed by atoms with Crippen LogP contribution in [0.25, 0.3) is 0 Å². The van der Waals surface area contributed by atoms with Gasteiger partial charge in [-0.3, -0.25) is 4.79 Å². The third-order valence-corrected chi connectivity index (χ3v) is 2.86. The molecule has 0 aliphatic rings. The van der Waals surface area contributed by atoms with Gasteiger partial charge in [0.1, 0.15) is 0 Å². The number of amides is 3. The van der Waals surface area contributed by atoms with Crippen molar-refractivity contribution in [3.63, 3.8) is 0 Å². The van der Waals surface area contributed by atoms with Crippen molar-refractivity contribution < 1.29 is 9.59 Å². The van der Waals surface area contributed by atoms with E-state index in [1.165, 1.54) is 13.1 Å². The first-order valence-electron chi connectivity index (χ1n) is 6.52. The molecule has 6 heteroatoms. The fraction of sp³-hybridized carbons (Fsp3) is 0.0625. The smallest absolute Gasteiger partial charge is 0.318 e. The molecular weight excluding hydrogens is 280 g/mol. The number of carbonyl (C=O) groups excluding carboxylic acids is 2. The maximum atomic E-state index is 12.2. The summed E-state index contributed by atoms with van der Waals surface area (Å²) in [6.45, 7) is 0. The average molecular weight is 294 g/mol. The van der Waals surface area contributed by atoms with Gasteiger partial charge in [0.25, 0.3) is 5.91 Å². The van der Waals surface area contributed by atoms with Crippen LogP contribution in [0.15, 0.2) is 48.5 Å². The topological polar surface area (TPSA) is 94.0 Å². The summed E-state index contributed by atoms with van der Waals surface area (Å²) in [5, 5.41) is 16.6. The number of nitrogens with one attached hydrogen (secondary N) is 3. The fourth-order valence-corrected chi connectivity index (χ4v) is 1.80. The van der Waals surface area contributed by atoms with E-state index in [1.807, 2.05) is 6.07 Å². The van der Waals surface area contributed by atoms with Crippen molar-refractivity contribution in [2.24, 2.45) is 0 Å². The van der Waals surface area contributed by atoms with E-state index >= 15 is 0 Å². The molecule has 3 amide bonds. The third kappa shape index (κ3) is 3.84. The van der Waals surface area contributed by atoms with Crippen LogP contribution in [0.3, 0.4) is 0 Å². The SMILES string of the molecule is CNC(=O)Nc1cccc(NC(=O)c2cccc(C#N)c2)c1. The summed E-state index contributed by atoms with van der Waals surface area (Å²) in [7, 11) is 1.52. The van der Waals surface area contributed by atoms with Crippen molar-refractivity contribution in [2.75, 3.05) is 17.7 Å². The maximum absolute atomic E-state index is 12.2. The molecule has 0 atom stereocenters. The van der Waals surface area contributed by atoms with Crippen LogP contribution in [-0.2, 0) is 0 Å². The van der Waals surface area contributed by atoms with Gasteiger partial charge in [-0.05, 0) is 36.4 Å². The van der Waals surface area contributed by atoms with Crippen LogP contribution in [0.2, 0.25) is 0 Å². The second kappa shape index (κ2) is 6.90. The van der Waals surface area contributed by atoms with E-state index < -0.39 is 0 Å². The van der Waals surface area contributed by atoms with Gasteiger partial charge in [0.2, 0.25) is 0 Å². The summed E-state index contributed by atoms with van der Waals surface area (Å²) in [5.41, 5.74) is 1.91. The predicted molar refractivity (Wildman–Crippen MR) is 83.6 cm³/mol. The Balaban J connectivity index is 2.13. The molecule has 0 aliphatic heterocycles. The number of benzene rings is 2. The highest BCUT2D eigenvalue weighted by molar-refractivity contribution is 6.04. The number of carbonyl (C=O) groups is 2. The van der Waals surface area contributed by atoms with Crippen LogP contribution in [0.5, 0.6) is 0 Å². The van der Waals surface area contributed by atoms with E-state index in [4.69, 9.17) is 5.26 Å². The molecule has 0 bridgehead atoms. The molecule has 0 saturated heterocycles. The Morgan fingerprint density at radius 1 is 1.00 bits per heavy atom. The molecule has 22 heavy (non-hydrogen) atoms. The van der Waals surface area contributed by atoms with Gasteiger partial charge in [-0.25, -0.2) is 4.79 Å². The zero-order valence-electron chi connectivity index (χ0n) is 11.9. The molecule has 0 saturated carbocycles. The van der Waals surface area contributed by atoms with E-state index in [0.29, 0.717) is 22.5 Å². The normalized spacial score (nSPS) is 9.45. The summed E-state index contributed by atoms with van der Waals surface area (Å²) in [5.74, 6) is -0.325. The molecule has 0 aliphatic carbocycles. The molecular formula is C16H14N4O2. The molecule has 0 unspecified atom stereocenters. The van der Waals surface area contributed by atoms with Gasteiger partial charge < -0.3 is 16.0 Å². The molecule has 2 rings (SSSR count). The summed E-state index contributed by atoms with van der Waals surface area (Å²) >= 11 is 0. The van der Waals surface area contributed by atoms with Crippen LogP contribution >= 0.6 is 0 Å². The molecule has 3 N–H and O–H groups in total. The molecule has 2 aromatic rings. The number of rotatable bonds is 3. The number of nitriles is 1. The minimum atomic E-state index is -0.342. The Morgan fingerprint density at radius 3 is 2.36 bits per heavy atom. The quantitative estimate of drug-likeness (QED) is 0.812. The lowest BCUT2D eigenvalue weighted by Crippen LogP contribution is -2.24. The first-order chi connectivity index (χ1) is 10.6. The summed E-state index contributed by atoms with van der Waals surface area (Å²) in [4.78, 5) is 23.4. The van der Waals surface area contributed by atoms with Gasteiger partial charge in [0, 0.05) is 24.0 Å². The number of nitrogens with zero attached hydrogens (tertiary/aromatic N) is 1. The standard InChI is InChI=1S/C16H14N4O2/c1-18-16(22)20-14-7-3-6-13(9-14)19-15(21)12-5-2-4-11(8-12)10-17/h2-9H,1H3,(H,19,21)(H2,18,20,22). The number of urea groups is 1. The molecule has 110 valence electrons. The second-order valence-corrected chi connectivity index (χ2v) is 4.43. The van der Waals surface area contributed by atoms with Gasteiger partial charge in [0.15, 0.2) is 0 Å². The Hall–Kier alpha value is -3.33. The summed E-state index contributed by atoms with van der Waals surface area (Å²) < 4.78 is 0. The van der Waals surface area contributed by atoms with Crippen LogP contribution in [0.1, 0.15) is 15.9 Å². The number of hydrogen-bond acceptors (Lipinski definition) is 3. The lowest BCUT2D eigenvalue weighted by atomic mass is 10.1. The minimum Gasteiger partial charge on any atom is -0.341 e. The summed E-state index contributed by atoms with van der Waals surface area (Å²) in [6, 6.07) is 14.8. The number of anilines is 2. The van der Waals surface area contributed by atoms with Crippen molar-refractivity contribution >= 4 is 23.3 Å². The van der Waals surface area contributed by atoms with Gasteiger partial charge in [-0.15, -0.1) is 0 Å². The van der Waals surface area contributed by atoms with Gasteiger partial charge in [-0.1, -0.05) is 12.1 Å². The van der Waals surface area contributed by atoms with Gasteiger partial charge >= 0.3 is 6.03 Å². The molecule has 0 spiro atoms. The van der Waals surface area contributed by atoms with Crippen LogP contribution in [-0.4, -0.2) is 19.0 Å². The summed E-state index contributed by atoms with van der Waals surface area (Å²) in [6.07, 6.45) is 0. The lowest BCUT2D eigenvalue weighted by molar-refractivity contribution is 0.102. The highest BCUT2D eigenvalue weighted by Gasteiger charge is 2.07. The van der Waals surface area contributed by atoms with E-state index in [-0.39, 0.29) is 11.9 Å². The number of hydrogen-bond donors (Lipinski definition) is 3. The van der Waals surface area contributed by atoms with E-state index in [1.54, 1.807) is 42.5 Å². The van der Waals surface area contributed by atoms with Crippen LogP contribution in [0.4, 0.5) is 16.2 Å². The minimum absolute atomic E-state index is 0.325. The highest BCUT2D eigenvalue weighted by atomic mass is 16.2. The Bertz CT molecular complexity index is 750. The Morgan fingerprint density at radius 2 is 1.68 bits per heavy atom. The van der Waals surface area contributed by atoms with Crippen molar-refractivity contribution in [1.29, 1.82) is 5.26 Å². The lowest BCUT2D eigenvalue weighted by Gasteiger charge is -2.08. The molecule has 2 aromatic carbocycles. The zero-order chi connectivity index (χ0) is 15.9. The van der Waals surface area contributed by atoms with Crippen LogP contribution < -0.4 is 16.0 Å². The Kier molecular flexibility index (Phi) is 4.73. The largest absolute Gasteiger partial charge is 0.341 e. The first-order valence-corrected chi connectivity index (χ1v) is 6.52. The Labute approximate surface area is 127 Å². The zero-order valence-corrected chi connectivity index (χ0v) is 11.9. The van der Waals surface area contributed by atoms with Crippen molar-refractivity contribution in [2.45, 2.75) is 0 Å². The fourth-order valence-electron chi connectivity index (χ4n) is 1.80. The molecule has 0 heterocycles. The highest BCUT2D eigenvalue weighted by Crippen LogP contribution is 2.16. The molecule has 0 radical (unpaired) electrons. The third-order valence-electron chi connectivity index (χ3n) is 2.86. The van der Waals surface area contributed by atoms with E-state index in [9.17, 15) is 9.59 Å². The molecule has 6 nitrogen and oxygen atoms in total. The van der Waals surface area contributed by atoms with Crippen molar-refractivity contribution in [3.05, 3.63) is 59.7 Å². The second-order valence-electron chi connectivity index (χ2n) is 4.43. The predicted octanol–water partition coefficient (Wildman–Crippen LogP) is 2.56. The van der Waals surface area contributed by atoms with E-state index in [2.05, 4.69) is 16.0 Å². The van der Waals surface area contributed by atoms with Gasteiger partial charge in [-0.2, -0.15) is 5.26 Å². The van der Waals surface area contributed by atoms with E-state index in [0.717, 1.165) is 0 Å². The molecule has 0 fully saturated rings. The van der Waals surface area contributed by atoms with Crippen LogP contribution in [0, 0.1) is 11.3 Å². The monoisotopic (exact) mass is 294 g/mol. The van der Waals surface area contributed by atoms with Crippen molar-refractivity contribution in [1.82, 2.24) is 5.32 Å².